The molecule has 2 rings (SSSR count). The summed E-state index contributed by atoms with van der Waals surface area (Å²) in [7, 11) is 0. The van der Waals surface area contributed by atoms with Crippen molar-refractivity contribution in [2.45, 2.75) is 12.0 Å². The van der Waals surface area contributed by atoms with Gasteiger partial charge < -0.3 is 19.8 Å². The number of benzene rings is 1. The average molecular weight is 320 g/mol. The number of amides is 1. The van der Waals surface area contributed by atoms with Crippen LogP contribution < -0.4 is 0 Å². The third kappa shape index (κ3) is 3.01. The number of ether oxygens (including phenoxy) is 1. The molecule has 1 aromatic rings. The largest absolute Gasteiger partial charge is 0.465 e. The fourth-order valence-electron chi connectivity index (χ4n) is 2.27. The Kier molecular flexibility index (Phi) is 4.75. The Hall–Kier alpha value is -1.01. The second-order valence-corrected chi connectivity index (χ2v) is 5.46. The first-order valence-corrected chi connectivity index (χ1v) is 6.92. The van der Waals surface area contributed by atoms with Crippen LogP contribution in [0.15, 0.2) is 18.2 Å². The standard InChI is InChI=1S/C13H15Cl2NO4/c14-10-2-1-9(7-11(10)15)13(8-17)3-4-16(12(18)19)5-6-20-13/h1-2,7,17H,3-6,8H2,(H,18,19). The zero-order chi connectivity index (χ0) is 14.8. The summed E-state index contributed by atoms with van der Waals surface area (Å²) in [5, 5.41) is 19.6. The third-order valence-electron chi connectivity index (χ3n) is 3.50. The average Bonchev–Trinajstić information content (AvgIpc) is 2.65. The van der Waals surface area contributed by atoms with Crippen molar-refractivity contribution in [2.75, 3.05) is 26.3 Å². The lowest BCUT2D eigenvalue weighted by atomic mass is 9.91. The van der Waals surface area contributed by atoms with E-state index in [1.807, 2.05) is 0 Å². The summed E-state index contributed by atoms with van der Waals surface area (Å²) in [5.41, 5.74) is -0.250. The molecule has 1 fully saturated rings. The van der Waals surface area contributed by atoms with Crippen LogP contribution in [0.2, 0.25) is 10.0 Å². The zero-order valence-electron chi connectivity index (χ0n) is 10.7. The molecule has 1 aliphatic heterocycles. The Morgan fingerprint density at radius 3 is 2.70 bits per heavy atom. The van der Waals surface area contributed by atoms with E-state index in [9.17, 15) is 9.90 Å². The van der Waals surface area contributed by atoms with Crippen molar-refractivity contribution in [3.05, 3.63) is 33.8 Å². The lowest BCUT2D eigenvalue weighted by Gasteiger charge is -2.31. The minimum Gasteiger partial charge on any atom is -0.465 e. The molecule has 110 valence electrons. The van der Waals surface area contributed by atoms with Crippen molar-refractivity contribution in [1.29, 1.82) is 0 Å². The monoisotopic (exact) mass is 319 g/mol. The van der Waals surface area contributed by atoms with E-state index in [2.05, 4.69) is 0 Å². The summed E-state index contributed by atoms with van der Waals surface area (Å²) < 4.78 is 5.74. The SMILES string of the molecule is O=C(O)N1CCOC(CO)(c2ccc(Cl)c(Cl)c2)CC1. The molecular weight excluding hydrogens is 305 g/mol. The number of carboxylic acid groups (broad SMARTS) is 1. The molecule has 2 N–H and O–H groups in total. The Morgan fingerprint density at radius 1 is 1.35 bits per heavy atom. The van der Waals surface area contributed by atoms with Gasteiger partial charge in [-0.25, -0.2) is 4.79 Å². The van der Waals surface area contributed by atoms with E-state index >= 15 is 0 Å². The van der Waals surface area contributed by atoms with Gasteiger partial charge in [0.25, 0.3) is 0 Å². The normalized spacial score (nSPS) is 23.4. The summed E-state index contributed by atoms with van der Waals surface area (Å²) in [6.45, 7) is 0.528. The molecule has 0 radical (unpaired) electrons. The van der Waals surface area contributed by atoms with Gasteiger partial charge in [-0.1, -0.05) is 29.3 Å². The van der Waals surface area contributed by atoms with Gasteiger partial charge in [0, 0.05) is 19.5 Å². The van der Waals surface area contributed by atoms with Crippen LogP contribution in [0.3, 0.4) is 0 Å². The van der Waals surface area contributed by atoms with Crippen LogP contribution in [0.4, 0.5) is 4.79 Å². The van der Waals surface area contributed by atoms with Crippen LogP contribution in [-0.2, 0) is 10.3 Å². The summed E-state index contributed by atoms with van der Waals surface area (Å²) in [6.07, 6.45) is -0.634. The Labute approximate surface area is 126 Å². The van der Waals surface area contributed by atoms with Gasteiger partial charge in [-0.15, -0.1) is 0 Å². The molecule has 1 aliphatic rings. The summed E-state index contributed by atoms with van der Waals surface area (Å²) >= 11 is 11.9. The molecule has 7 heteroatoms. The van der Waals surface area contributed by atoms with E-state index in [1.54, 1.807) is 18.2 Å². The van der Waals surface area contributed by atoms with Crippen molar-refractivity contribution < 1.29 is 19.7 Å². The van der Waals surface area contributed by atoms with E-state index in [0.717, 1.165) is 0 Å². The molecule has 20 heavy (non-hydrogen) atoms. The number of halogens is 2. The van der Waals surface area contributed by atoms with Crippen LogP contribution in [0.5, 0.6) is 0 Å². The molecule has 5 nitrogen and oxygen atoms in total. The maximum Gasteiger partial charge on any atom is 0.407 e. The number of aliphatic hydroxyl groups is 1. The molecule has 1 unspecified atom stereocenters. The maximum atomic E-state index is 11.0. The quantitative estimate of drug-likeness (QED) is 0.879. The van der Waals surface area contributed by atoms with Gasteiger partial charge in [-0.2, -0.15) is 0 Å². The highest BCUT2D eigenvalue weighted by Gasteiger charge is 2.36. The molecule has 0 bridgehead atoms. The second-order valence-electron chi connectivity index (χ2n) is 4.65. The predicted molar refractivity (Wildman–Crippen MR) is 75.4 cm³/mol. The van der Waals surface area contributed by atoms with Crippen molar-refractivity contribution in [2.24, 2.45) is 0 Å². The van der Waals surface area contributed by atoms with Gasteiger partial charge >= 0.3 is 6.09 Å². The summed E-state index contributed by atoms with van der Waals surface area (Å²) in [5.74, 6) is 0. The molecule has 1 amide bonds. The fraction of sp³-hybridized carbons (Fsp3) is 0.462. The van der Waals surface area contributed by atoms with Crippen LogP contribution in [0, 0.1) is 0 Å². The number of nitrogens with zero attached hydrogens (tertiary/aromatic N) is 1. The fourth-order valence-corrected chi connectivity index (χ4v) is 2.56. The van der Waals surface area contributed by atoms with E-state index < -0.39 is 11.7 Å². The summed E-state index contributed by atoms with van der Waals surface area (Å²) in [6, 6.07) is 5.03. The molecule has 0 aromatic heterocycles. The number of aliphatic hydroxyl groups excluding tert-OH is 1. The van der Waals surface area contributed by atoms with Gasteiger partial charge in [-0.05, 0) is 17.7 Å². The van der Waals surface area contributed by atoms with Crippen LogP contribution in [0.1, 0.15) is 12.0 Å². The van der Waals surface area contributed by atoms with E-state index in [4.69, 9.17) is 33.0 Å². The number of hydrogen-bond donors (Lipinski definition) is 2. The Morgan fingerprint density at radius 2 is 2.10 bits per heavy atom. The van der Waals surface area contributed by atoms with Crippen molar-refractivity contribution >= 4 is 29.3 Å². The molecule has 1 saturated heterocycles. The molecule has 0 saturated carbocycles. The smallest absolute Gasteiger partial charge is 0.407 e. The lowest BCUT2D eigenvalue weighted by molar-refractivity contribution is -0.0792. The molecule has 1 atom stereocenters. The van der Waals surface area contributed by atoms with Gasteiger partial charge in [0.05, 0.1) is 23.3 Å². The highest BCUT2D eigenvalue weighted by molar-refractivity contribution is 6.42. The van der Waals surface area contributed by atoms with E-state index in [1.165, 1.54) is 4.90 Å². The highest BCUT2D eigenvalue weighted by atomic mass is 35.5. The van der Waals surface area contributed by atoms with Gasteiger partial charge in [0.2, 0.25) is 0 Å². The second kappa shape index (κ2) is 6.18. The van der Waals surface area contributed by atoms with Gasteiger partial charge in [0.15, 0.2) is 0 Å². The molecule has 0 aliphatic carbocycles. The molecular formula is C13H15Cl2NO4. The van der Waals surface area contributed by atoms with Gasteiger partial charge in [-0.3, -0.25) is 0 Å². The van der Waals surface area contributed by atoms with Crippen LogP contribution >= 0.6 is 23.2 Å². The topological polar surface area (TPSA) is 70.0 Å². The molecule has 0 spiro atoms. The predicted octanol–water partition coefficient (Wildman–Crippen LogP) is 2.58. The van der Waals surface area contributed by atoms with E-state index in [-0.39, 0.29) is 26.3 Å². The van der Waals surface area contributed by atoms with Crippen molar-refractivity contribution in [3.63, 3.8) is 0 Å². The Bertz CT molecular complexity index is 511. The first-order chi connectivity index (χ1) is 9.48. The number of carbonyl (C=O) groups is 1. The first-order valence-electron chi connectivity index (χ1n) is 6.17. The van der Waals surface area contributed by atoms with Crippen LogP contribution in [0.25, 0.3) is 0 Å². The van der Waals surface area contributed by atoms with Crippen molar-refractivity contribution in [3.8, 4) is 0 Å². The maximum absolute atomic E-state index is 11.0. The molecule has 1 heterocycles. The minimum atomic E-state index is -0.989. The third-order valence-corrected chi connectivity index (χ3v) is 4.24. The number of rotatable bonds is 2. The highest BCUT2D eigenvalue weighted by Crippen LogP contribution is 2.35. The number of hydrogen-bond acceptors (Lipinski definition) is 3. The van der Waals surface area contributed by atoms with Crippen molar-refractivity contribution in [1.82, 2.24) is 4.90 Å². The van der Waals surface area contributed by atoms with Crippen LogP contribution in [-0.4, -0.2) is 47.5 Å². The lowest BCUT2D eigenvalue weighted by Crippen LogP contribution is -2.35. The van der Waals surface area contributed by atoms with E-state index in [0.29, 0.717) is 22.0 Å². The Balaban J connectivity index is 2.29. The van der Waals surface area contributed by atoms with Gasteiger partial charge in [0.1, 0.15) is 5.60 Å². The zero-order valence-corrected chi connectivity index (χ0v) is 12.2. The molecule has 1 aromatic carbocycles. The first kappa shape index (κ1) is 15.4. The minimum absolute atomic E-state index is 0.215. The summed E-state index contributed by atoms with van der Waals surface area (Å²) in [4.78, 5) is 12.3.